The van der Waals surface area contributed by atoms with Gasteiger partial charge < -0.3 is 26.3 Å². The Hall–Kier alpha value is -4.10. The molecule has 0 radical (unpaired) electrons. The lowest BCUT2D eigenvalue weighted by Gasteiger charge is -2.08. The van der Waals surface area contributed by atoms with Crippen molar-refractivity contribution >= 4 is 29.3 Å². The number of hydrogen-bond donors (Lipinski definition) is 3. The van der Waals surface area contributed by atoms with E-state index in [1.165, 1.54) is 6.08 Å². The second-order valence-corrected chi connectivity index (χ2v) is 6.22. The molecule has 32 heavy (non-hydrogen) atoms. The number of allylic oxidation sites excluding steroid dienone is 1. The highest BCUT2D eigenvalue weighted by atomic mass is 16.5. The lowest BCUT2D eigenvalue weighted by molar-refractivity contribution is -0.104. The van der Waals surface area contributed by atoms with Gasteiger partial charge in [-0.3, -0.25) is 9.59 Å². The fourth-order valence-electron chi connectivity index (χ4n) is 2.17. The molecule has 5 N–H and O–H groups in total. The van der Waals surface area contributed by atoms with Crippen molar-refractivity contribution in [1.82, 2.24) is 0 Å². The standard InChI is InChI=1S/C16H18N2O3.C6H7N.C3H4O/c1-20-10-11-21-15-8-2-12(3-9-15)16(19)18-14-6-4-13(17)5-7-14;7-6-4-2-1-3-5-6;1-2-3-4/h2-9H,10-11,17H2,1H3,(H,18,19);1-5H,7H2;2-3H,1H2. The van der Waals surface area contributed by atoms with Gasteiger partial charge >= 0.3 is 0 Å². The summed E-state index contributed by atoms with van der Waals surface area (Å²) in [5, 5.41) is 2.80. The van der Waals surface area contributed by atoms with E-state index in [0.717, 1.165) is 5.69 Å². The Balaban J connectivity index is 0.000000382. The van der Waals surface area contributed by atoms with Crippen molar-refractivity contribution in [3.63, 3.8) is 0 Å². The molecule has 3 rings (SSSR count). The number of carbonyl (C=O) groups excluding carboxylic acids is 2. The normalized spacial score (nSPS) is 9.16. The number of methoxy groups -OCH3 is 1. The van der Waals surface area contributed by atoms with Crippen molar-refractivity contribution in [3.05, 3.63) is 97.1 Å². The van der Waals surface area contributed by atoms with E-state index in [4.69, 9.17) is 25.7 Å². The molecule has 0 saturated carbocycles. The van der Waals surface area contributed by atoms with Crippen LogP contribution in [0.4, 0.5) is 17.1 Å². The van der Waals surface area contributed by atoms with Crippen LogP contribution >= 0.6 is 0 Å². The molecule has 0 aliphatic rings. The Morgan fingerprint density at radius 1 is 0.906 bits per heavy atom. The fourth-order valence-corrected chi connectivity index (χ4v) is 2.17. The number of anilines is 3. The van der Waals surface area contributed by atoms with Crippen LogP contribution in [-0.4, -0.2) is 32.5 Å². The molecule has 7 nitrogen and oxygen atoms in total. The molecule has 3 aromatic rings. The summed E-state index contributed by atoms with van der Waals surface area (Å²) in [4.78, 5) is 21.1. The molecule has 0 fully saturated rings. The molecule has 1 amide bonds. The summed E-state index contributed by atoms with van der Waals surface area (Å²) in [5.41, 5.74) is 13.7. The minimum Gasteiger partial charge on any atom is -0.491 e. The molecule has 0 aliphatic carbocycles. The Bertz CT molecular complexity index is 922. The number of nitrogens with one attached hydrogen (secondary N) is 1. The van der Waals surface area contributed by atoms with Gasteiger partial charge in [-0.25, -0.2) is 0 Å². The summed E-state index contributed by atoms with van der Waals surface area (Å²) in [7, 11) is 1.62. The van der Waals surface area contributed by atoms with Gasteiger partial charge in [0.25, 0.3) is 5.91 Å². The van der Waals surface area contributed by atoms with E-state index >= 15 is 0 Å². The highest BCUT2D eigenvalue weighted by molar-refractivity contribution is 6.04. The predicted octanol–water partition coefficient (Wildman–Crippen LogP) is 4.19. The van der Waals surface area contributed by atoms with Gasteiger partial charge in [-0.05, 0) is 66.7 Å². The predicted molar refractivity (Wildman–Crippen MR) is 130 cm³/mol. The Morgan fingerprint density at radius 2 is 1.47 bits per heavy atom. The first-order valence-corrected chi connectivity index (χ1v) is 9.75. The number of nitrogens with two attached hydrogens (primary N) is 2. The smallest absolute Gasteiger partial charge is 0.255 e. The van der Waals surface area contributed by atoms with Gasteiger partial charge in [0.15, 0.2) is 0 Å². The zero-order chi connectivity index (χ0) is 23.6. The van der Waals surface area contributed by atoms with Gasteiger partial charge in [0, 0.05) is 29.7 Å². The van der Waals surface area contributed by atoms with Crippen LogP contribution in [0.2, 0.25) is 0 Å². The van der Waals surface area contributed by atoms with Gasteiger partial charge in [-0.1, -0.05) is 24.8 Å². The molecule has 0 atom stereocenters. The van der Waals surface area contributed by atoms with Gasteiger partial charge in [-0.15, -0.1) is 0 Å². The molecular weight excluding hydrogens is 406 g/mol. The summed E-state index contributed by atoms with van der Waals surface area (Å²) >= 11 is 0. The lowest BCUT2D eigenvalue weighted by Crippen LogP contribution is -2.12. The molecule has 0 aliphatic heterocycles. The Kier molecular flexibility index (Phi) is 12.7. The highest BCUT2D eigenvalue weighted by Gasteiger charge is 2.06. The number of para-hydroxylation sites is 1. The number of benzene rings is 3. The molecule has 0 heterocycles. The number of hydrogen-bond acceptors (Lipinski definition) is 6. The lowest BCUT2D eigenvalue weighted by atomic mass is 10.2. The molecule has 0 bridgehead atoms. The minimum absolute atomic E-state index is 0.178. The summed E-state index contributed by atoms with van der Waals surface area (Å²) in [5.74, 6) is 0.527. The molecular formula is C25H29N3O4. The van der Waals surface area contributed by atoms with E-state index < -0.39 is 0 Å². The van der Waals surface area contributed by atoms with Gasteiger partial charge in [-0.2, -0.15) is 0 Å². The van der Waals surface area contributed by atoms with Crippen LogP contribution in [0.15, 0.2) is 91.5 Å². The molecule has 0 spiro atoms. The average Bonchev–Trinajstić information content (AvgIpc) is 2.82. The third-order valence-corrected chi connectivity index (χ3v) is 3.74. The first-order chi connectivity index (χ1) is 15.5. The Labute approximate surface area is 188 Å². The fraction of sp³-hybridized carbons (Fsp3) is 0.120. The first kappa shape index (κ1) is 25.9. The molecule has 0 unspecified atom stereocenters. The average molecular weight is 436 g/mol. The molecule has 0 aromatic heterocycles. The SMILES string of the molecule is C=CC=O.COCCOc1ccc(C(=O)Nc2ccc(N)cc2)cc1.Nc1ccccc1. The van der Waals surface area contributed by atoms with Crippen LogP contribution in [0.1, 0.15) is 10.4 Å². The number of carbonyl (C=O) groups is 2. The van der Waals surface area contributed by atoms with E-state index in [1.807, 2.05) is 30.3 Å². The van der Waals surface area contributed by atoms with E-state index in [1.54, 1.807) is 55.6 Å². The van der Waals surface area contributed by atoms with Gasteiger partial charge in [0.05, 0.1) is 6.61 Å². The Morgan fingerprint density at radius 3 is 1.94 bits per heavy atom. The van der Waals surface area contributed by atoms with Crippen LogP contribution in [-0.2, 0) is 9.53 Å². The van der Waals surface area contributed by atoms with Gasteiger partial charge in [0.1, 0.15) is 18.6 Å². The largest absolute Gasteiger partial charge is 0.491 e. The van der Waals surface area contributed by atoms with Crippen molar-refractivity contribution in [2.24, 2.45) is 0 Å². The van der Waals surface area contributed by atoms with Crippen molar-refractivity contribution in [3.8, 4) is 5.75 Å². The first-order valence-electron chi connectivity index (χ1n) is 9.75. The number of ether oxygens (including phenoxy) is 2. The zero-order valence-corrected chi connectivity index (χ0v) is 18.1. The summed E-state index contributed by atoms with van der Waals surface area (Å²) < 4.78 is 10.3. The van der Waals surface area contributed by atoms with E-state index in [0.29, 0.717) is 42.2 Å². The van der Waals surface area contributed by atoms with Crippen molar-refractivity contribution in [2.45, 2.75) is 0 Å². The molecule has 7 heteroatoms. The zero-order valence-electron chi connectivity index (χ0n) is 18.1. The van der Waals surface area contributed by atoms with Crippen molar-refractivity contribution < 1.29 is 19.1 Å². The van der Waals surface area contributed by atoms with Crippen LogP contribution in [0.5, 0.6) is 5.75 Å². The van der Waals surface area contributed by atoms with E-state index in [9.17, 15) is 4.79 Å². The maximum Gasteiger partial charge on any atom is 0.255 e. The number of rotatable bonds is 7. The minimum atomic E-state index is -0.178. The second-order valence-electron chi connectivity index (χ2n) is 6.22. The van der Waals surface area contributed by atoms with Gasteiger partial charge in [0.2, 0.25) is 0 Å². The maximum atomic E-state index is 12.1. The van der Waals surface area contributed by atoms with Crippen LogP contribution in [0.3, 0.4) is 0 Å². The third kappa shape index (κ3) is 11.2. The van der Waals surface area contributed by atoms with Crippen molar-refractivity contribution in [1.29, 1.82) is 0 Å². The summed E-state index contributed by atoms with van der Waals surface area (Å²) in [6.07, 6.45) is 1.83. The maximum absolute atomic E-state index is 12.1. The molecule has 3 aromatic carbocycles. The molecule has 0 saturated heterocycles. The molecule has 168 valence electrons. The quantitative estimate of drug-likeness (QED) is 0.222. The van der Waals surface area contributed by atoms with Crippen LogP contribution in [0, 0.1) is 0 Å². The number of nitrogen functional groups attached to an aromatic ring is 2. The topological polar surface area (TPSA) is 117 Å². The van der Waals surface area contributed by atoms with Crippen LogP contribution in [0.25, 0.3) is 0 Å². The summed E-state index contributed by atoms with van der Waals surface area (Å²) in [6.45, 7) is 4.12. The second kappa shape index (κ2) is 15.7. The van der Waals surface area contributed by atoms with Crippen LogP contribution < -0.4 is 21.5 Å². The van der Waals surface area contributed by atoms with Crippen molar-refractivity contribution in [2.75, 3.05) is 37.1 Å². The number of aldehydes is 1. The monoisotopic (exact) mass is 435 g/mol. The number of amides is 1. The highest BCUT2D eigenvalue weighted by Crippen LogP contribution is 2.15. The third-order valence-electron chi connectivity index (χ3n) is 3.74. The van der Waals surface area contributed by atoms with E-state index in [-0.39, 0.29) is 5.91 Å². The van der Waals surface area contributed by atoms with E-state index in [2.05, 4.69) is 11.9 Å². The summed E-state index contributed by atoms with van der Waals surface area (Å²) in [6, 6.07) is 23.4.